The third kappa shape index (κ3) is 3.66. The van der Waals surface area contributed by atoms with E-state index in [1.807, 2.05) is 0 Å². The summed E-state index contributed by atoms with van der Waals surface area (Å²) in [5.74, 6) is -0.0511. The fourth-order valence-corrected chi connectivity index (χ4v) is 1.96. The van der Waals surface area contributed by atoms with Gasteiger partial charge in [-0.05, 0) is 6.07 Å². The zero-order valence-electron chi connectivity index (χ0n) is 11.8. The highest BCUT2D eigenvalue weighted by atomic mass is 19.1. The topological polar surface area (TPSA) is 43.4 Å². The van der Waals surface area contributed by atoms with Crippen LogP contribution in [0.5, 0.6) is 11.5 Å². The molecule has 1 heterocycles. The Morgan fingerprint density at radius 2 is 1.90 bits per heavy atom. The summed E-state index contributed by atoms with van der Waals surface area (Å²) in [7, 11) is 3.08. The average Bonchev–Trinajstić information content (AvgIpc) is 2.49. The Hall–Kier alpha value is -2.21. The Morgan fingerprint density at radius 3 is 2.57 bits per heavy atom. The molecule has 0 aliphatic rings. The monoisotopic (exact) mass is 294 g/mol. The number of pyridine rings is 1. The molecule has 0 amide bonds. The van der Waals surface area contributed by atoms with E-state index in [4.69, 9.17) is 9.47 Å². The van der Waals surface area contributed by atoms with Crippen LogP contribution in [0.4, 0.5) is 8.78 Å². The van der Waals surface area contributed by atoms with E-state index in [9.17, 15) is 8.78 Å². The summed E-state index contributed by atoms with van der Waals surface area (Å²) >= 11 is 0. The third-order valence-corrected chi connectivity index (χ3v) is 2.99. The van der Waals surface area contributed by atoms with Crippen LogP contribution >= 0.6 is 0 Å². The molecule has 1 aromatic heterocycles. The summed E-state index contributed by atoms with van der Waals surface area (Å²) in [6.45, 7) is 0.630. The minimum Gasteiger partial charge on any atom is -0.493 e. The average molecular weight is 294 g/mol. The van der Waals surface area contributed by atoms with E-state index < -0.39 is 11.6 Å². The minimum absolute atomic E-state index is 0.258. The highest BCUT2D eigenvalue weighted by Gasteiger charge is 2.11. The normalized spacial score (nSPS) is 10.5. The molecule has 0 radical (unpaired) electrons. The van der Waals surface area contributed by atoms with Crippen molar-refractivity contribution in [1.82, 2.24) is 10.3 Å². The van der Waals surface area contributed by atoms with Crippen molar-refractivity contribution in [3.8, 4) is 11.5 Å². The molecule has 0 aliphatic carbocycles. The van der Waals surface area contributed by atoms with Crippen molar-refractivity contribution >= 4 is 0 Å². The molecule has 0 saturated carbocycles. The van der Waals surface area contributed by atoms with Crippen molar-refractivity contribution in [2.24, 2.45) is 0 Å². The fourth-order valence-electron chi connectivity index (χ4n) is 1.96. The summed E-state index contributed by atoms with van der Waals surface area (Å²) in [6.07, 6.45) is 1.61. The van der Waals surface area contributed by atoms with Crippen LogP contribution < -0.4 is 14.8 Å². The highest BCUT2D eigenvalue weighted by molar-refractivity contribution is 5.42. The SMILES string of the molecule is COc1ccnc(CNCc2ccc(F)cc2F)c1OC. The molecule has 0 unspecified atom stereocenters. The number of methoxy groups -OCH3 is 2. The van der Waals surface area contributed by atoms with Crippen molar-refractivity contribution in [3.63, 3.8) is 0 Å². The maximum Gasteiger partial charge on any atom is 0.183 e. The van der Waals surface area contributed by atoms with Crippen LogP contribution in [-0.4, -0.2) is 19.2 Å². The van der Waals surface area contributed by atoms with Crippen molar-refractivity contribution in [3.05, 3.63) is 53.4 Å². The van der Waals surface area contributed by atoms with Gasteiger partial charge in [-0.25, -0.2) is 8.78 Å². The number of benzene rings is 1. The van der Waals surface area contributed by atoms with Gasteiger partial charge >= 0.3 is 0 Å². The second kappa shape index (κ2) is 6.99. The van der Waals surface area contributed by atoms with Crippen molar-refractivity contribution in [1.29, 1.82) is 0 Å². The summed E-state index contributed by atoms with van der Waals surface area (Å²) in [5, 5.41) is 3.04. The molecular weight excluding hydrogens is 278 g/mol. The molecule has 0 bridgehead atoms. The van der Waals surface area contributed by atoms with E-state index in [-0.39, 0.29) is 6.54 Å². The number of hydrogen-bond donors (Lipinski definition) is 1. The second-order valence-corrected chi connectivity index (χ2v) is 4.33. The molecule has 6 heteroatoms. The number of ether oxygens (including phenoxy) is 2. The maximum atomic E-state index is 13.5. The molecule has 1 N–H and O–H groups in total. The molecule has 0 saturated heterocycles. The van der Waals surface area contributed by atoms with Crippen LogP contribution in [0.2, 0.25) is 0 Å². The smallest absolute Gasteiger partial charge is 0.183 e. The van der Waals surface area contributed by atoms with Crippen molar-refractivity contribution in [2.75, 3.05) is 14.2 Å². The number of hydrogen-bond acceptors (Lipinski definition) is 4. The first kappa shape index (κ1) is 15.2. The fraction of sp³-hybridized carbons (Fsp3) is 0.267. The van der Waals surface area contributed by atoms with Crippen LogP contribution in [0.3, 0.4) is 0 Å². The first-order valence-electron chi connectivity index (χ1n) is 6.36. The van der Waals surface area contributed by atoms with Gasteiger partial charge in [0.1, 0.15) is 11.6 Å². The van der Waals surface area contributed by atoms with Gasteiger partial charge in [0.05, 0.1) is 19.9 Å². The van der Waals surface area contributed by atoms with E-state index >= 15 is 0 Å². The first-order valence-corrected chi connectivity index (χ1v) is 6.36. The quantitative estimate of drug-likeness (QED) is 0.889. The summed E-state index contributed by atoms with van der Waals surface area (Å²) < 4.78 is 36.8. The molecule has 2 rings (SSSR count). The highest BCUT2D eigenvalue weighted by Crippen LogP contribution is 2.28. The lowest BCUT2D eigenvalue weighted by atomic mass is 10.2. The van der Waals surface area contributed by atoms with Crippen LogP contribution in [0.1, 0.15) is 11.3 Å². The van der Waals surface area contributed by atoms with Crippen LogP contribution in [0.25, 0.3) is 0 Å². The molecule has 0 fully saturated rings. The Kier molecular flexibility index (Phi) is 5.05. The molecule has 1 aromatic carbocycles. The Balaban J connectivity index is 2.03. The Labute approximate surface area is 121 Å². The predicted octanol–water partition coefficient (Wildman–Crippen LogP) is 2.67. The second-order valence-electron chi connectivity index (χ2n) is 4.33. The molecule has 0 atom stereocenters. The van der Waals surface area contributed by atoms with Gasteiger partial charge < -0.3 is 14.8 Å². The van der Waals surface area contributed by atoms with E-state index in [0.717, 1.165) is 6.07 Å². The molecular formula is C15H16F2N2O2. The summed E-state index contributed by atoms with van der Waals surface area (Å²) in [5.41, 5.74) is 1.04. The zero-order chi connectivity index (χ0) is 15.2. The third-order valence-electron chi connectivity index (χ3n) is 2.99. The molecule has 112 valence electrons. The lowest BCUT2D eigenvalue weighted by Crippen LogP contribution is -2.15. The number of nitrogens with zero attached hydrogens (tertiary/aromatic N) is 1. The standard InChI is InChI=1S/C15H16F2N2O2/c1-20-14-5-6-19-13(15(14)21-2)9-18-8-10-3-4-11(16)7-12(10)17/h3-7,18H,8-9H2,1-2H3. The molecule has 4 nitrogen and oxygen atoms in total. The van der Waals surface area contributed by atoms with Gasteiger partial charge in [0, 0.05) is 37.0 Å². The van der Waals surface area contributed by atoms with Gasteiger partial charge in [0.15, 0.2) is 11.5 Å². The van der Waals surface area contributed by atoms with Gasteiger partial charge in [-0.1, -0.05) is 6.07 Å². The van der Waals surface area contributed by atoms with Crippen LogP contribution in [0.15, 0.2) is 30.5 Å². The van der Waals surface area contributed by atoms with Crippen LogP contribution in [-0.2, 0) is 13.1 Å². The minimum atomic E-state index is -0.590. The predicted molar refractivity (Wildman–Crippen MR) is 74.2 cm³/mol. The summed E-state index contributed by atoms with van der Waals surface area (Å²) in [6, 6.07) is 5.20. The van der Waals surface area contributed by atoms with Crippen molar-refractivity contribution in [2.45, 2.75) is 13.1 Å². The number of aromatic nitrogens is 1. The van der Waals surface area contributed by atoms with Gasteiger partial charge in [-0.2, -0.15) is 0 Å². The molecule has 21 heavy (non-hydrogen) atoms. The van der Waals surface area contributed by atoms with Gasteiger partial charge in [-0.15, -0.1) is 0 Å². The Bertz CT molecular complexity index is 621. The molecule has 0 aliphatic heterocycles. The van der Waals surface area contributed by atoms with Gasteiger partial charge in [0.2, 0.25) is 0 Å². The van der Waals surface area contributed by atoms with E-state index in [0.29, 0.717) is 29.3 Å². The number of nitrogens with one attached hydrogen (secondary N) is 1. The zero-order valence-corrected chi connectivity index (χ0v) is 11.8. The van der Waals surface area contributed by atoms with E-state index in [2.05, 4.69) is 10.3 Å². The van der Waals surface area contributed by atoms with Crippen molar-refractivity contribution < 1.29 is 18.3 Å². The van der Waals surface area contributed by atoms with Gasteiger partial charge in [0.25, 0.3) is 0 Å². The molecule has 0 spiro atoms. The summed E-state index contributed by atoms with van der Waals surface area (Å²) in [4.78, 5) is 4.20. The number of rotatable bonds is 6. The maximum absolute atomic E-state index is 13.5. The van der Waals surface area contributed by atoms with E-state index in [1.54, 1.807) is 19.4 Å². The number of halogens is 2. The molecule has 2 aromatic rings. The largest absolute Gasteiger partial charge is 0.493 e. The lowest BCUT2D eigenvalue weighted by Gasteiger charge is -2.12. The first-order chi connectivity index (χ1) is 10.2. The van der Waals surface area contributed by atoms with Crippen LogP contribution in [0, 0.1) is 11.6 Å². The Morgan fingerprint density at radius 1 is 1.10 bits per heavy atom. The van der Waals surface area contributed by atoms with E-state index in [1.165, 1.54) is 19.2 Å². The van der Waals surface area contributed by atoms with Gasteiger partial charge in [-0.3, -0.25) is 4.98 Å². The lowest BCUT2D eigenvalue weighted by molar-refractivity contribution is 0.348.